The molecule has 98 valence electrons. The number of thioether (sulfide) groups is 1. The van der Waals surface area contributed by atoms with Crippen LogP contribution in [-0.4, -0.2) is 32.4 Å². The van der Waals surface area contributed by atoms with E-state index in [1.165, 1.54) is 6.20 Å². The minimum atomic E-state index is -0.322. The average molecular weight is 316 g/mol. The molecule has 19 heavy (non-hydrogen) atoms. The third-order valence-corrected chi connectivity index (χ3v) is 4.23. The second-order valence-electron chi connectivity index (χ2n) is 3.97. The summed E-state index contributed by atoms with van der Waals surface area (Å²) in [6.45, 7) is 0. The maximum atomic E-state index is 11.6. The minimum absolute atomic E-state index is 0.107. The van der Waals surface area contributed by atoms with Crippen LogP contribution in [0.1, 0.15) is 11.8 Å². The number of Topliss-reactive ketones (excluding diaryl/α,β-unsaturated/α-hetero) is 1. The normalized spacial score (nSPS) is 19.1. The third kappa shape index (κ3) is 2.48. The van der Waals surface area contributed by atoms with Crippen LogP contribution < -0.4 is 0 Å². The largest absolute Gasteiger partial charge is 0.338 e. The summed E-state index contributed by atoms with van der Waals surface area (Å²) in [5, 5.41) is 4.59. The van der Waals surface area contributed by atoms with Crippen molar-refractivity contribution < 1.29 is 9.32 Å². The first-order valence-corrected chi connectivity index (χ1v) is 7.31. The van der Waals surface area contributed by atoms with Crippen molar-refractivity contribution in [2.75, 3.05) is 11.5 Å². The first kappa shape index (κ1) is 12.9. The lowest BCUT2D eigenvalue weighted by Gasteiger charge is -1.98. The molecule has 1 aliphatic heterocycles. The summed E-state index contributed by atoms with van der Waals surface area (Å²) in [5.74, 6) is 1.52. The van der Waals surface area contributed by atoms with Crippen LogP contribution in [0.15, 0.2) is 16.8 Å². The lowest BCUT2D eigenvalue weighted by molar-refractivity contribution is -0.117. The second kappa shape index (κ2) is 5.11. The van der Waals surface area contributed by atoms with Gasteiger partial charge in [-0.1, -0.05) is 28.4 Å². The molecule has 2 aromatic rings. The minimum Gasteiger partial charge on any atom is -0.338 e. The average Bonchev–Trinajstić information content (AvgIpc) is 2.97. The van der Waals surface area contributed by atoms with Crippen LogP contribution in [0.5, 0.6) is 0 Å². The molecule has 1 aliphatic rings. The summed E-state index contributed by atoms with van der Waals surface area (Å²) in [5.41, 5.74) is 0.388. The molecular formula is C11H7Cl2N3O2S. The first-order valence-electron chi connectivity index (χ1n) is 5.40. The molecule has 0 spiro atoms. The number of halogens is 2. The van der Waals surface area contributed by atoms with Crippen molar-refractivity contribution in [3.05, 3.63) is 28.2 Å². The number of nitrogens with zero attached hydrogens (tertiary/aromatic N) is 3. The molecule has 0 N–H and O–H groups in total. The highest BCUT2D eigenvalue weighted by atomic mass is 35.5. The van der Waals surface area contributed by atoms with Gasteiger partial charge in [-0.15, -0.1) is 0 Å². The Morgan fingerprint density at radius 2 is 2.26 bits per heavy atom. The third-order valence-electron chi connectivity index (χ3n) is 2.68. The zero-order valence-electron chi connectivity index (χ0n) is 9.47. The number of aromatic nitrogens is 3. The Morgan fingerprint density at radius 1 is 1.42 bits per heavy atom. The van der Waals surface area contributed by atoms with Crippen molar-refractivity contribution in [2.45, 2.75) is 5.92 Å². The Labute approximate surface area is 122 Å². The van der Waals surface area contributed by atoms with E-state index in [0.717, 1.165) is 0 Å². The highest BCUT2D eigenvalue weighted by molar-refractivity contribution is 8.00. The van der Waals surface area contributed by atoms with E-state index in [4.69, 9.17) is 27.7 Å². The van der Waals surface area contributed by atoms with Crippen LogP contribution in [0.4, 0.5) is 0 Å². The van der Waals surface area contributed by atoms with Gasteiger partial charge in [-0.2, -0.15) is 16.7 Å². The molecule has 8 heteroatoms. The lowest BCUT2D eigenvalue weighted by atomic mass is 10.1. The van der Waals surface area contributed by atoms with Gasteiger partial charge in [0.1, 0.15) is 11.6 Å². The summed E-state index contributed by atoms with van der Waals surface area (Å²) in [7, 11) is 0. The quantitative estimate of drug-likeness (QED) is 0.848. The first-order chi connectivity index (χ1) is 9.15. The summed E-state index contributed by atoms with van der Waals surface area (Å²) in [6, 6.07) is 1.55. The van der Waals surface area contributed by atoms with E-state index in [1.54, 1.807) is 17.8 Å². The molecule has 0 aromatic carbocycles. The van der Waals surface area contributed by atoms with Crippen molar-refractivity contribution in [2.24, 2.45) is 0 Å². The van der Waals surface area contributed by atoms with Crippen LogP contribution in [0, 0.1) is 0 Å². The molecule has 0 saturated carbocycles. The maximum Gasteiger partial charge on any atom is 0.238 e. The Kier molecular flexibility index (Phi) is 3.47. The van der Waals surface area contributed by atoms with Crippen molar-refractivity contribution in [3.63, 3.8) is 0 Å². The van der Waals surface area contributed by atoms with Gasteiger partial charge in [-0.05, 0) is 6.07 Å². The fourth-order valence-corrected chi connectivity index (χ4v) is 3.28. The molecule has 1 fully saturated rings. The Balaban J connectivity index is 1.94. The lowest BCUT2D eigenvalue weighted by Crippen LogP contribution is -2.09. The van der Waals surface area contributed by atoms with E-state index in [-0.39, 0.29) is 17.5 Å². The van der Waals surface area contributed by atoms with Crippen molar-refractivity contribution in [1.82, 2.24) is 15.1 Å². The van der Waals surface area contributed by atoms with E-state index >= 15 is 0 Å². The van der Waals surface area contributed by atoms with Crippen molar-refractivity contribution in [3.8, 4) is 11.5 Å². The molecule has 0 aliphatic carbocycles. The number of pyridine rings is 1. The molecule has 1 unspecified atom stereocenters. The second-order valence-corrected chi connectivity index (χ2v) is 5.85. The fraction of sp³-hybridized carbons (Fsp3) is 0.273. The number of ketones is 1. The van der Waals surface area contributed by atoms with Crippen LogP contribution in [0.3, 0.4) is 0 Å². The number of hydrogen-bond acceptors (Lipinski definition) is 6. The van der Waals surface area contributed by atoms with Crippen LogP contribution in [-0.2, 0) is 4.79 Å². The molecule has 2 aromatic heterocycles. The SMILES string of the molecule is O=C1CSCC1c1nc(-c2ncc(Cl)cc2Cl)no1. The number of hydrogen-bond donors (Lipinski definition) is 0. The number of rotatable bonds is 2. The van der Waals surface area contributed by atoms with Gasteiger partial charge in [0.25, 0.3) is 0 Å². The molecule has 3 rings (SSSR count). The van der Waals surface area contributed by atoms with Crippen LogP contribution in [0.25, 0.3) is 11.5 Å². The van der Waals surface area contributed by atoms with Crippen molar-refractivity contribution >= 4 is 40.7 Å². The fourth-order valence-electron chi connectivity index (χ4n) is 1.73. The molecule has 5 nitrogen and oxygen atoms in total. The smallest absolute Gasteiger partial charge is 0.238 e. The summed E-state index contributed by atoms with van der Waals surface area (Å²) in [4.78, 5) is 19.9. The van der Waals surface area contributed by atoms with Crippen LogP contribution in [0.2, 0.25) is 10.0 Å². The van der Waals surface area contributed by atoms with Gasteiger partial charge >= 0.3 is 0 Å². The molecule has 3 heterocycles. The standard InChI is InChI=1S/C11H7Cl2N3O2S/c12-5-1-7(13)9(14-2-5)10-15-11(18-16-10)6-3-19-4-8(6)17/h1-2,6H,3-4H2. The molecular weight excluding hydrogens is 309 g/mol. The molecule has 1 saturated heterocycles. The zero-order chi connectivity index (χ0) is 13.4. The van der Waals surface area contributed by atoms with Gasteiger partial charge in [-0.25, -0.2) is 4.98 Å². The van der Waals surface area contributed by atoms with Gasteiger partial charge in [0, 0.05) is 11.9 Å². The molecule has 0 amide bonds. The van der Waals surface area contributed by atoms with Gasteiger partial charge in [0.05, 0.1) is 15.8 Å². The van der Waals surface area contributed by atoms with Gasteiger partial charge < -0.3 is 4.52 Å². The summed E-state index contributed by atoms with van der Waals surface area (Å²) < 4.78 is 5.13. The zero-order valence-corrected chi connectivity index (χ0v) is 11.8. The van der Waals surface area contributed by atoms with Crippen molar-refractivity contribution in [1.29, 1.82) is 0 Å². The van der Waals surface area contributed by atoms with Gasteiger partial charge in [-0.3, -0.25) is 4.79 Å². The highest BCUT2D eigenvalue weighted by Gasteiger charge is 2.32. The van der Waals surface area contributed by atoms with E-state index in [2.05, 4.69) is 15.1 Å². The Bertz CT molecular complexity index is 647. The highest BCUT2D eigenvalue weighted by Crippen LogP contribution is 2.31. The predicted octanol–water partition coefficient (Wildman–Crippen LogP) is 2.84. The van der Waals surface area contributed by atoms with E-state index in [1.807, 2.05) is 0 Å². The predicted molar refractivity (Wildman–Crippen MR) is 72.6 cm³/mol. The number of carbonyl (C=O) groups excluding carboxylic acids is 1. The van der Waals surface area contributed by atoms with E-state index < -0.39 is 0 Å². The van der Waals surface area contributed by atoms with E-state index in [0.29, 0.717) is 33.1 Å². The summed E-state index contributed by atoms with van der Waals surface area (Å²) in [6.07, 6.45) is 1.45. The van der Waals surface area contributed by atoms with E-state index in [9.17, 15) is 4.79 Å². The topological polar surface area (TPSA) is 68.9 Å². The monoisotopic (exact) mass is 315 g/mol. The summed E-state index contributed by atoms with van der Waals surface area (Å²) >= 11 is 13.4. The van der Waals surface area contributed by atoms with Gasteiger partial charge in [0.15, 0.2) is 5.78 Å². The maximum absolute atomic E-state index is 11.6. The van der Waals surface area contributed by atoms with Crippen LogP contribution >= 0.6 is 35.0 Å². The molecule has 0 bridgehead atoms. The Hall–Kier alpha value is -1.11. The van der Waals surface area contributed by atoms with Gasteiger partial charge in [0.2, 0.25) is 11.7 Å². The number of carbonyl (C=O) groups is 1. The molecule has 1 atom stereocenters. The Morgan fingerprint density at radius 3 is 2.95 bits per heavy atom. The molecule has 0 radical (unpaired) electrons.